The molecule has 0 rings (SSSR count). The van der Waals surface area contributed by atoms with Gasteiger partial charge in [0.2, 0.25) is 0 Å². The van der Waals surface area contributed by atoms with Crippen molar-refractivity contribution in [3.05, 3.63) is 97.2 Å². The highest BCUT2D eigenvalue weighted by Crippen LogP contribution is 2.38. The fraction of sp³-hybridized carbons (Fsp3) is 0.667. The van der Waals surface area contributed by atoms with Crippen LogP contribution in [-0.4, -0.2) is 70.0 Å². The number of carbonyl (C=O) groups excluding carboxylic acids is 2. The smallest absolute Gasteiger partial charge is 0.306 e. The fourth-order valence-corrected chi connectivity index (χ4v) is 6.89. The number of unbranched alkanes of at least 4 members (excludes halogenated alkanes) is 14. The Morgan fingerprint density at radius 3 is 1.33 bits per heavy atom. The molecule has 0 fully saturated rings. The molecule has 0 aromatic rings. The summed E-state index contributed by atoms with van der Waals surface area (Å²) in [6.07, 6.45) is 60.2. The van der Waals surface area contributed by atoms with Gasteiger partial charge in [0, 0.05) is 12.8 Å². The third-order valence-corrected chi connectivity index (χ3v) is 11.0. The van der Waals surface area contributed by atoms with E-state index >= 15 is 0 Å². The number of ether oxygens (including phenoxy) is 2. The Balaban J connectivity index is 4.46. The predicted octanol–water partition coefficient (Wildman–Crippen LogP) is 14.3. The fourth-order valence-electron chi connectivity index (χ4n) is 6.16. The molecule has 10 heteroatoms. The van der Waals surface area contributed by atoms with Crippen molar-refractivity contribution in [2.24, 2.45) is 0 Å². The van der Waals surface area contributed by atoms with Crippen molar-refractivity contribution >= 4 is 19.8 Å². The molecule has 0 amide bonds. The van der Waals surface area contributed by atoms with Crippen molar-refractivity contribution in [1.82, 2.24) is 0 Å². The largest absolute Gasteiger partial charge is 0.756 e. The lowest BCUT2D eigenvalue weighted by Crippen LogP contribution is -2.37. The Morgan fingerprint density at radius 1 is 0.484 bits per heavy atom. The molecule has 64 heavy (non-hydrogen) atoms. The van der Waals surface area contributed by atoms with Gasteiger partial charge < -0.3 is 27.9 Å². The second-order valence-electron chi connectivity index (χ2n) is 17.5. The molecule has 0 bridgehead atoms. The van der Waals surface area contributed by atoms with Gasteiger partial charge in [0.25, 0.3) is 7.82 Å². The monoisotopic (exact) mass is 914 g/mol. The Labute approximate surface area is 392 Å². The van der Waals surface area contributed by atoms with Crippen LogP contribution in [0.25, 0.3) is 0 Å². The van der Waals surface area contributed by atoms with Crippen molar-refractivity contribution in [3.8, 4) is 0 Å². The zero-order valence-electron chi connectivity index (χ0n) is 41.2. The normalized spacial score (nSPS) is 14.3. The molecule has 0 saturated heterocycles. The third-order valence-electron chi connectivity index (χ3n) is 10.1. The van der Waals surface area contributed by atoms with E-state index in [1.807, 2.05) is 21.1 Å². The molecule has 9 nitrogen and oxygen atoms in total. The van der Waals surface area contributed by atoms with Gasteiger partial charge in [-0.05, 0) is 96.3 Å². The maximum absolute atomic E-state index is 12.7. The van der Waals surface area contributed by atoms with Crippen molar-refractivity contribution in [1.29, 1.82) is 0 Å². The topological polar surface area (TPSA) is 111 Å². The minimum Gasteiger partial charge on any atom is -0.756 e. The Morgan fingerprint density at radius 2 is 0.859 bits per heavy atom. The summed E-state index contributed by atoms with van der Waals surface area (Å²) < 4.78 is 33.9. The molecular formula is C54H92NO8P. The number of hydrogen-bond donors (Lipinski definition) is 0. The van der Waals surface area contributed by atoms with E-state index in [4.69, 9.17) is 18.5 Å². The van der Waals surface area contributed by atoms with E-state index < -0.39 is 32.5 Å². The highest BCUT2D eigenvalue weighted by atomic mass is 31.2. The van der Waals surface area contributed by atoms with Crippen molar-refractivity contribution in [2.75, 3.05) is 47.5 Å². The van der Waals surface area contributed by atoms with Gasteiger partial charge in [-0.2, -0.15) is 0 Å². The van der Waals surface area contributed by atoms with Crippen LogP contribution >= 0.6 is 7.82 Å². The number of carbonyl (C=O) groups is 2. The lowest BCUT2D eigenvalue weighted by molar-refractivity contribution is -0.870. The summed E-state index contributed by atoms with van der Waals surface area (Å²) in [6.45, 7) is 4.08. The van der Waals surface area contributed by atoms with Gasteiger partial charge >= 0.3 is 11.9 Å². The summed E-state index contributed by atoms with van der Waals surface area (Å²) in [5, 5.41) is 0. The van der Waals surface area contributed by atoms with Crippen molar-refractivity contribution in [3.63, 3.8) is 0 Å². The average molecular weight is 914 g/mol. The molecule has 0 aromatic carbocycles. The van der Waals surface area contributed by atoms with E-state index in [0.717, 1.165) is 64.2 Å². The number of esters is 2. The van der Waals surface area contributed by atoms with Crippen LogP contribution in [0.2, 0.25) is 0 Å². The summed E-state index contributed by atoms with van der Waals surface area (Å²) in [7, 11) is 1.10. The van der Waals surface area contributed by atoms with Gasteiger partial charge in [-0.15, -0.1) is 0 Å². The highest BCUT2D eigenvalue weighted by Gasteiger charge is 2.21. The van der Waals surface area contributed by atoms with Crippen LogP contribution in [-0.2, 0) is 32.7 Å². The zero-order chi connectivity index (χ0) is 47.1. The van der Waals surface area contributed by atoms with Crippen molar-refractivity contribution < 1.29 is 42.1 Å². The minimum absolute atomic E-state index is 0.0512. The van der Waals surface area contributed by atoms with Crippen LogP contribution in [0.4, 0.5) is 0 Å². The number of phosphoric ester groups is 1. The number of rotatable bonds is 44. The molecule has 0 heterocycles. The van der Waals surface area contributed by atoms with Crippen molar-refractivity contribution in [2.45, 2.75) is 187 Å². The first-order chi connectivity index (χ1) is 31.0. The quantitative estimate of drug-likeness (QED) is 0.0195. The van der Waals surface area contributed by atoms with Gasteiger partial charge in [-0.3, -0.25) is 14.2 Å². The number of allylic oxidation sites excluding steroid dienone is 16. The summed E-state index contributed by atoms with van der Waals surface area (Å²) in [5.41, 5.74) is 0. The number of likely N-dealkylation sites (N-methyl/N-ethyl adjacent to an activating group) is 1. The number of phosphoric acid groups is 1. The summed E-state index contributed by atoms with van der Waals surface area (Å²) >= 11 is 0. The molecular weight excluding hydrogens is 822 g/mol. The Kier molecular flexibility index (Phi) is 42.9. The van der Waals surface area contributed by atoms with Gasteiger partial charge in [-0.1, -0.05) is 169 Å². The lowest BCUT2D eigenvalue weighted by Gasteiger charge is -2.28. The van der Waals surface area contributed by atoms with Crippen LogP contribution in [0.1, 0.15) is 181 Å². The molecule has 1 unspecified atom stereocenters. The Hall–Kier alpha value is -3.07. The van der Waals surface area contributed by atoms with Gasteiger partial charge in [0.1, 0.15) is 19.8 Å². The highest BCUT2D eigenvalue weighted by molar-refractivity contribution is 7.45. The molecule has 0 saturated carbocycles. The maximum atomic E-state index is 12.7. The van der Waals surface area contributed by atoms with E-state index in [9.17, 15) is 19.0 Å². The molecule has 0 aliphatic heterocycles. The van der Waals surface area contributed by atoms with E-state index in [-0.39, 0.29) is 26.1 Å². The second kappa shape index (κ2) is 45.1. The Bertz CT molecular complexity index is 1400. The van der Waals surface area contributed by atoms with Crippen LogP contribution in [0.5, 0.6) is 0 Å². The first-order valence-electron chi connectivity index (χ1n) is 24.9. The first-order valence-corrected chi connectivity index (χ1v) is 26.4. The molecule has 0 radical (unpaired) electrons. The summed E-state index contributed by atoms with van der Waals surface area (Å²) in [5.74, 6) is -0.944. The molecule has 0 N–H and O–H groups in total. The number of quaternary nitrogens is 1. The summed E-state index contributed by atoms with van der Waals surface area (Å²) in [6, 6.07) is 0. The van der Waals surface area contributed by atoms with E-state index in [0.29, 0.717) is 23.9 Å². The van der Waals surface area contributed by atoms with Gasteiger partial charge in [0.15, 0.2) is 6.10 Å². The molecule has 366 valence electrons. The SMILES string of the molecule is CCCCC/C=C/C/C=C/C/C=C/C/C=C/CCCCCC(=O)O[C@H](COC(=O)CCC/C=C/C/C=C/C/C=C/C/C=C/CCCCCCCCC)COP(=O)([O-])OCC[N+](C)(C)C. The number of hydrogen-bond acceptors (Lipinski definition) is 8. The maximum Gasteiger partial charge on any atom is 0.306 e. The average Bonchev–Trinajstić information content (AvgIpc) is 3.25. The third kappa shape index (κ3) is 48.4. The second-order valence-corrected chi connectivity index (χ2v) is 18.9. The van der Waals surface area contributed by atoms with Gasteiger partial charge in [-0.25, -0.2) is 0 Å². The van der Waals surface area contributed by atoms with Crippen LogP contribution in [0.15, 0.2) is 97.2 Å². The van der Waals surface area contributed by atoms with E-state index in [1.54, 1.807) is 0 Å². The standard InChI is InChI=1S/C54H92NO8P/c1-6-8-10-12-14-16-18-20-22-24-26-27-29-30-32-34-36-38-40-42-44-46-53(56)60-50-52(51-62-64(58,59)61-49-48-55(3,4)5)63-54(57)47-45-43-41-39-37-35-33-31-28-25-23-21-19-17-15-13-11-9-7-2/h15,17,21-24,27-29,31-32,34-35,37-38,40,52H,6-14,16,18-20,25-26,30,33,36,39,41-51H2,1-5H3/b17-15+,23-21+,24-22+,29-27+,31-28+,34-32+,37-35+,40-38+/t52-/m1/s1. The van der Waals surface area contributed by atoms with Crippen LogP contribution < -0.4 is 4.89 Å². The molecule has 0 aromatic heterocycles. The number of nitrogens with zero attached hydrogens (tertiary/aromatic N) is 1. The molecule has 0 aliphatic rings. The lowest BCUT2D eigenvalue weighted by atomic mass is 10.1. The summed E-state index contributed by atoms with van der Waals surface area (Å²) in [4.78, 5) is 37.7. The van der Waals surface area contributed by atoms with E-state index in [1.165, 1.54) is 77.0 Å². The predicted molar refractivity (Wildman–Crippen MR) is 268 cm³/mol. The zero-order valence-corrected chi connectivity index (χ0v) is 42.1. The first kappa shape index (κ1) is 60.9. The van der Waals surface area contributed by atoms with E-state index in [2.05, 4.69) is 111 Å². The van der Waals surface area contributed by atoms with Gasteiger partial charge in [0.05, 0.1) is 27.7 Å². The molecule has 2 atom stereocenters. The minimum atomic E-state index is -4.66. The van der Waals surface area contributed by atoms with Crippen LogP contribution in [0.3, 0.4) is 0 Å². The molecule has 0 aliphatic carbocycles. The molecule has 0 spiro atoms. The van der Waals surface area contributed by atoms with Crippen LogP contribution in [0, 0.1) is 0 Å².